The molecule has 22 heavy (non-hydrogen) atoms. The van der Waals surface area contributed by atoms with Crippen molar-refractivity contribution in [2.45, 2.75) is 0 Å². The first-order chi connectivity index (χ1) is 10.6. The van der Waals surface area contributed by atoms with Gasteiger partial charge in [-0.1, -0.05) is 24.3 Å². The van der Waals surface area contributed by atoms with Crippen LogP contribution in [0.5, 0.6) is 0 Å². The standard InChI is InChI=1S/C16H11FN2O3/c17-13-7-3-2-6-12(13)16(21)22-10-15(20)19-14-8-4-1-5-11(14)9-18/h1-8H,10H2,(H,19,20). The Morgan fingerprint density at radius 3 is 2.55 bits per heavy atom. The Kier molecular flexibility index (Phi) is 4.83. The minimum absolute atomic E-state index is 0.243. The molecule has 0 atom stereocenters. The molecule has 0 unspecified atom stereocenters. The first kappa shape index (κ1) is 15.2. The van der Waals surface area contributed by atoms with Crippen LogP contribution in [0.1, 0.15) is 15.9 Å². The second-order valence-electron chi connectivity index (χ2n) is 4.26. The number of carbonyl (C=O) groups excluding carboxylic acids is 2. The van der Waals surface area contributed by atoms with Crippen LogP contribution >= 0.6 is 0 Å². The first-order valence-electron chi connectivity index (χ1n) is 6.32. The second kappa shape index (κ2) is 6.99. The van der Waals surface area contributed by atoms with Gasteiger partial charge in [0.2, 0.25) is 0 Å². The van der Waals surface area contributed by atoms with Gasteiger partial charge in [0, 0.05) is 0 Å². The normalized spacial score (nSPS) is 9.64. The number of para-hydroxylation sites is 1. The van der Waals surface area contributed by atoms with E-state index in [1.807, 2.05) is 6.07 Å². The van der Waals surface area contributed by atoms with Crippen molar-refractivity contribution >= 4 is 17.6 Å². The van der Waals surface area contributed by atoms with Gasteiger partial charge in [0.25, 0.3) is 5.91 Å². The van der Waals surface area contributed by atoms with Gasteiger partial charge in [0.1, 0.15) is 11.9 Å². The summed E-state index contributed by atoms with van der Waals surface area (Å²) in [5, 5.41) is 11.4. The fourth-order valence-electron chi connectivity index (χ4n) is 1.71. The molecule has 5 nitrogen and oxygen atoms in total. The lowest BCUT2D eigenvalue weighted by Gasteiger charge is -2.08. The SMILES string of the molecule is N#Cc1ccccc1NC(=O)COC(=O)c1ccccc1F. The van der Waals surface area contributed by atoms with Gasteiger partial charge in [-0.2, -0.15) is 5.26 Å². The predicted octanol–water partition coefficient (Wildman–Crippen LogP) is 2.49. The lowest BCUT2D eigenvalue weighted by Crippen LogP contribution is -2.21. The number of hydrogen-bond acceptors (Lipinski definition) is 4. The highest BCUT2D eigenvalue weighted by atomic mass is 19.1. The van der Waals surface area contributed by atoms with E-state index < -0.39 is 24.3 Å². The summed E-state index contributed by atoms with van der Waals surface area (Å²) in [6.07, 6.45) is 0. The topological polar surface area (TPSA) is 79.2 Å². The molecular weight excluding hydrogens is 287 g/mol. The Bertz CT molecular complexity index is 753. The molecule has 2 aromatic carbocycles. The largest absolute Gasteiger partial charge is 0.452 e. The molecule has 0 saturated carbocycles. The Hall–Kier alpha value is -3.20. The number of ether oxygens (including phenoxy) is 1. The number of nitrogens with one attached hydrogen (secondary N) is 1. The molecule has 0 saturated heterocycles. The smallest absolute Gasteiger partial charge is 0.341 e. The minimum Gasteiger partial charge on any atom is -0.452 e. The average Bonchev–Trinajstić information content (AvgIpc) is 2.53. The highest BCUT2D eigenvalue weighted by molar-refractivity contribution is 5.96. The molecule has 0 aliphatic carbocycles. The van der Waals surface area contributed by atoms with Gasteiger partial charge in [-0.05, 0) is 24.3 Å². The molecule has 110 valence electrons. The van der Waals surface area contributed by atoms with Crippen LogP contribution in [-0.2, 0) is 9.53 Å². The van der Waals surface area contributed by atoms with Crippen molar-refractivity contribution < 1.29 is 18.7 Å². The molecular formula is C16H11FN2O3. The van der Waals surface area contributed by atoms with Crippen LogP contribution in [0, 0.1) is 17.1 Å². The number of carbonyl (C=O) groups is 2. The quantitative estimate of drug-likeness (QED) is 0.879. The maximum Gasteiger partial charge on any atom is 0.341 e. The first-order valence-corrected chi connectivity index (χ1v) is 6.32. The Balaban J connectivity index is 1.95. The van der Waals surface area contributed by atoms with Crippen molar-refractivity contribution in [3.8, 4) is 6.07 Å². The van der Waals surface area contributed by atoms with Crippen LogP contribution in [-0.4, -0.2) is 18.5 Å². The monoisotopic (exact) mass is 298 g/mol. The summed E-state index contributed by atoms with van der Waals surface area (Å²) < 4.78 is 18.1. The summed E-state index contributed by atoms with van der Waals surface area (Å²) in [6.45, 7) is -0.576. The summed E-state index contributed by atoms with van der Waals surface area (Å²) in [7, 11) is 0. The molecule has 6 heteroatoms. The van der Waals surface area contributed by atoms with E-state index in [0.29, 0.717) is 5.69 Å². The van der Waals surface area contributed by atoms with Crippen LogP contribution in [0.4, 0.5) is 10.1 Å². The van der Waals surface area contributed by atoms with Gasteiger partial charge in [-0.3, -0.25) is 4.79 Å². The molecule has 2 aromatic rings. The van der Waals surface area contributed by atoms with Crippen LogP contribution < -0.4 is 5.32 Å². The molecule has 0 aliphatic rings. The van der Waals surface area contributed by atoms with E-state index in [1.54, 1.807) is 24.3 Å². The van der Waals surface area contributed by atoms with Crippen molar-refractivity contribution in [1.82, 2.24) is 0 Å². The van der Waals surface area contributed by atoms with Crippen LogP contribution in [0.25, 0.3) is 0 Å². The fraction of sp³-hybridized carbons (Fsp3) is 0.0625. The van der Waals surface area contributed by atoms with Crippen molar-refractivity contribution in [3.63, 3.8) is 0 Å². The van der Waals surface area contributed by atoms with Gasteiger partial charge in [0.15, 0.2) is 6.61 Å². The second-order valence-corrected chi connectivity index (χ2v) is 4.26. The maximum absolute atomic E-state index is 13.4. The van der Waals surface area contributed by atoms with Gasteiger partial charge >= 0.3 is 5.97 Å². The van der Waals surface area contributed by atoms with Crippen LogP contribution in [0.15, 0.2) is 48.5 Å². The van der Waals surface area contributed by atoms with Gasteiger partial charge in [-0.25, -0.2) is 9.18 Å². The molecule has 1 N–H and O–H groups in total. The number of amides is 1. The average molecular weight is 298 g/mol. The molecule has 0 bridgehead atoms. The molecule has 0 spiro atoms. The molecule has 0 radical (unpaired) electrons. The van der Waals surface area contributed by atoms with Crippen LogP contribution in [0.2, 0.25) is 0 Å². The molecule has 0 heterocycles. The lowest BCUT2D eigenvalue weighted by molar-refractivity contribution is -0.119. The number of hydrogen-bond donors (Lipinski definition) is 1. The van der Waals surface area contributed by atoms with Crippen molar-refractivity contribution in [3.05, 3.63) is 65.5 Å². The third-order valence-electron chi connectivity index (χ3n) is 2.75. The predicted molar refractivity (Wildman–Crippen MR) is 76.5 cm³/mol. The summed E-state index contributed by atoms with van der Waals surface area (Å²) in [6, 6.07) is 13.7. The van der Waals surface area contributed by atoms with Crippen molar-refractivity contribution in [1.29, 1.82) is 5.26 Å². The Morgan fingerprint density at radius 2 is 1.82 bits per heavy atom. The van der Waals surface area contributed by atoms with E-state index in [0.717, 1.165) is 6.07 Å². The van der Waals surface area contributed by atoms with Crippen molar-refractivity contribution in [2.75, 3.05) is 11.9 Å². The zero-order valence-electron chi connectivity index (χ0n) is 11.4. The Morgan fingerprint density at radius 1 is 1.14 bits per heavy atom. The summed E-state index contributed by atoms with van der Waals surface area (Å²) in [4.78, 5) is 23.4. The summed E-state index contributed by atoms with van der Waals surface area (Å²) in [5.41, 5.74) is 0.362. The third-order valence-corrected chi connectivity index (χ3v) is 2.75. The molecule has 2 rings (SSSR count). The van der Waals surface area contributed by atoms with E-state index in [9.17, 15) is 14.0 Å². The lowest BCUT2D eigenvalue weighted by atomic mass is 10.2. The number of nitrogens with zero attached hydrogens (tertiary/aromatic N) is 1. The van der Waals surface area contributed by atoms with Gasteiger partial charge in [-0.15, -0.1) is 0 Å². The number of nitriles is 1. The highest BCUT2D eigenvalue weighted by Crippen LogP contribution is 2.13. The van der Waals surface area contributed by atoms with E-state index >= 15 is 0 Å². The van der Waals surface area contributed by atoms with Crippen molar-refractivity contribution in [2.24, 2.45) is 0 Å². The van der Waals surface area contributed by atoms with E-state index in [2.05, 4.69) is 5.32 Å². The van der Waals surface area contributed by atoms with E-state index in [4.69, 9.17) is 10.00 Å². The maximum atomic E-state index is 13.4. The fourth-order valence-corrected chi connectivity index (χ4v) is 1.71. The zero-order valence-corrected chi connectivity index (χ0v) is 11.4. The van der Waals surface area contributed by atoms with E-state index in [1.165, 1.54) is 18.2 Å². The molecule has 0 fully saturated rings. The third kappa shape index (κ3) is 3.67. The van der Waals surface area contributed by atoms with Gasteiger partial charge in [0.05, 0.1) is 16.8 Å². The Labute approximate surface area is 125 Å². The summed E-state index contributed by atoms with van der Waals surface area (Å²) in [5.74, 6) is -2.27. The molecule has 0 aromatic heterocycles. The van der Waals surface area contributed by atoms with Crippen LogP contribution in [0.3, 0.4) is 0 Å². The molecule has 0 aliphatic heterocycles. The number of anilines is 1. The number of halogens is 1. The number of esters is 1. The minimum atomic E-state index is -0.929. The number of benzene rings is 2. The van der Waals surface area contributed by atoms with Gasteiger partial charge < -0.3 is 10.1 Å². The highest BCUT2D eigenvalue weighted by Gasteiger charge is 2.14. The van der Waals surface area contributed by atoms with E-state index in [-0.39, 0.29) is 11.1 Å². The molecule has 1 amide bonds. The number of rotatable bonds is 4. The zero-order chi connectivity index (χ0) is 15.9. The summed E-state index contributed by atoms with van der Waals surface area (Å²) >= 11 is 0.